The highest BCUT2D eigenvalue weighted by atomic mass is 19.2. The number of rotatable bonds is 13. The molecule has 0 spiro atoms. The first-order chi connectivity index (χ1) is 15.7. The highest BCUT2D eigenvalue weighted by Crippen LogP contribution is 2.34. The molecule has 0 amide bonds. The topological polar surface area (TPSA) is 25.8 Å². The molecule has 1 fully saturated rings. The van der Waals surface area contributed by atoms with Crippen LogP contribution in [0.15, 0.2) is 30.6 Å². The maximum atomic E-state index is 13.4. The molecule has 0 bridgehead atoms. The smallest absolute Gasteiger partial charge is 0.159 e. The van der Waals surface area contributed by atoms with Crippen LogP contribution < -0.4 is 0 Å². The first-order valence-electron chi connectivity index (χ1n) is 12.9. The lowest BCUT2D eigenvalue weighted by Gasteiger charge is -2.28. The van der Waals surface area contributed by atoms with Crippen molar-refractivity contribution < 1.29 is 8.78 Å². The molecular formula is C28H40F2N2. The van der Waals surface area contributed by atoms with E-state index in [0.717, 1.165) is 36.0 Å². The number of unbranched alkanes of at least 4 members (excludes halogenated alkanes) is 7. The second-order valence-corrected chi connectivity index (χ2v) is 9.73. The van der Waals surface area contributed by atoms with Gasteiger partial charge in [-0.2, -0.15) is 0 Å². The fourth-order valence-corrected chi connectivity index (χ4v) is 5.01. The van der Waals surface area contributed by atoms with E-state index < -0.39 is 11.6 Å². The molecule has 1 heterocycles. The zero-order valence-electron chi connectivity index (χ0n) is 19.8. The van der Waals surface area contributed by atoms with Crippen LogP contribution >= 0.6 is 0 Å². The van der Waals surface area contributed by atoms with E-state index in [9.17, 15) is 8.78 Å². The van der Waals surface area contributed by atoms with Crippen LogP contribution in [0.5, 0.6) is 0 Å². The van der Waals surface area contributed by atoms with Gasteiger partial charge in [0.1, 0.15) is 0 Å². The van der Waals surface area contributed by atoms with E-state index in [2.05, 4.69) is 16.9 Å². The molecule has 4 heteroatoms. The minimum Gasteiger partial charge on any atom is -0.236 e. The molecule has 176 valence electrons. The van der Waals surface area contributed by atoms with Gasteiger partial charge in [0.2, 0.25) is 0 Å². The Morgan fingerprint density at radius 1 is 0.750 bits per heavy atom. The molecule has 1 aromatic heterocycles. The maximum absolute atomic E-state index is 13.4. The van der Waals surface area contributed by atoms with E-state index in [1.807, 2.05) is 12.4 Å². The van der Waals surface area contributed by atoms with E-state index in [0.29, 0.717) is 11.4 Å². The Morgan fingerprint density at radius 3 is 1.97 bits per heavy atom. The lowest BCUT2D eigenvalue weighted by atomic mass is 9.78. The Bertz CT molecular complexity index is 783. The van der Waals surface area contributed by atoms with Crippen LogP contribution in [0.4, 0.5) is 8.78 Å². The van der Waals surface area contributed by atoms with Gasteiger partial charge in [0, 0.05) is 18.0 Å². The van der Waals surface area contributed by atoms with Gasteiger partial charge in [0.15, 0.2) is 17.5 Å². The number of benzene rings is 1. The summed E-state index contributed by atoms with van der Waals surface area (Å²) in [5.74, 6) is 0.487. The molecule has 1 saturated carbocycles. The highest BCUT2D eigenvalue weighted by Gasteiger charge is 2.20. The van der Waals surface area contributed by atoms with Crippen LogP contribution in [0.1, 0.15) is 102 Å². The first-order valence-corrected chi connectivity index (χ1v) is 12.9. The Kier molecular flexibility index (Phi) is 10.6. The lowest BCUT2D eigenvalue weighted by Crippen LogP contribution is -2.15. The van der Waals surface area contributed by atoms with Gasteiger partial charge in [-0.1, -0.05) is 90.4 Å². The third-order valence-corrected chi connectivity index (χ3v) is 7.16. The number of nitrogens with zero attached hydrogens (tertiary/aromatic N) is 2. The average molecular weight is 443 g/mol. The molecule has 2 aromatic rings. The van der Waals surface area contributed by atoms with E-state index in [-0.39, 0.29) is 0 Å². The summed E-state index contributed by atoms with van der Waals surface area (Å²) in [6, 6.07) is 3.78. The molecule has 3 rings (SSSR count). The second-order valence-electron chi connectivity index (χ2n) is 9.73. The summed E-state index contributed by atoms with van der Waals surface area (Å²) in [7, 11) is 0. The first kappa shape index (κ1) is 24.8. The van der Waals surface area contributed by atoms with Crippen LogP contribution in [0.3, 0.4) is 0 Å². The minimum atomic E-state index is -0.867. The number of halogens is 2. The van der Waals surface area contributed by atoms with Crippen molar-refractivity contribution in [2.45, 2.75) is 103 Å². The fourth-order valence-electron chi connectivity index (χ4n) is 5.01. The van der Waals surface area contributed by atoms with Crippen LogP contribution in [-0.2, 0) is 6.42 Å². The summed E-state index contributed by atoms with van der Waals surface area (Å²) in [5, 5.41) is 0. The molecule has 0 unspecified atom stereocenters. The quantitative estimate of drug-likeness (QED) is 0.290. The zero-order valence-corrected chi connectivity index (χ0v) is 19.8. The Morgan fingerprint density at radius 2 is 1.34 bits per heavy atom. The number of hydrogen-bond acceptors (Lipinski definition) is 2. The number of aryl methyl sites for hydroxylation is 1. The molecule has 1 aromatic carbocycles. The molecule has 1 aliphatic rings. The van der Waals surface area contributed by atoms with E-state index >= 15 is 0 Å². The van der Waals surface area contributed by atoms with Crippen molar-refractivity contribution in [2.24, 2.45) is 11.8 Å². The van der Waals surface area contributed by atoms with Gasteiger partial charge in [-0.05, 0) is 48.4 Å². The maximum Gasteiger partial charge on any atom is 0.159 e. The van der Waals surface area contributed by atoms with Gasteiger partial charge >= 0.3 is 0 Å². The SMILES string of the molecule is CCCCCCCCCC[C@H]1CC[C@H](CCc2cnc(-c3ccc(F)c(F)c3)nc2)CC1. The Labute approximate surface area is 193 Å². The zero-order chi connectivity index (χ0) is 22.6. The molecule has 2 nitrogen and oxygen atoms in total. The summed E-state index contributed by atoms with van der Waals surface area (Å²) >= 11 is 0. The van der Waals surface area contributed by atoms with Crippen LogP contribution in [0, 0.1) is 23.5 Å². The third-order valence-electron chi connectivity index (χ3n) is 7.16. The molecule has 0 radical (unpaired) electrons. The molecule has 32 heavy (non-hydrogen) atoms. The van der Waals surface area contributed by atoms with Crippen LogP contribution in [0.2, 0.25) is 0 Å². The van der Waals surface area contributed by atoms with Gasteiger partial charge in [-0.15, -0.1) is 0 Å². The summed E-state index contributed by atoms with van der Waals surface area (Å²) in [6.07, 6.45) is 24.1. The normalized spacial score (nSPS) is 18.7. The van der Waals surface area contributed by atoms with Crippen molar-refractivity contribution in [3.63, 3.8) is 0 Å². The predicted molar refractivity (Wildman–Crippen MR) is 128 cm³/mol. The summed E-state index contributed by atoms with van der Waals surface area (Å²) in [4.78, 5) is 8.73. The van der Waals surface area contributed by atoms with Crippen molar-refractivity contribution >= 4 is 0 Å². The fraction of sp³-hybridized carbons (Fsp3) is 0.643. The molecular weight excluding hydrogens is 402 g/mol. The average Bonchev–Trinajstić information content (AvgIpc) is 2.82. The monoisotopic (exact) mass is 442 g/mol. The number of aromatic nitrogens is 2. The largest absolute Gasteiger partial charge is 0.236 e. The van der Waals surface area contributed by atoms with Crippen molar-refractivity contribution in [2.75, 3.05) is 0 Å². The Balaban J connectivity index is 1.29. The second kappa shape index (κ2) is 13.6. The van der Waals surface area contributed by atoms with Gasteiger partial charge < -0.3 is 0 Å². The summed E-state index contributed by atoms with van der Waals surface area (Å²) < 4.78 is 26.5. The molecule has 0 N–H and O–H groups in total. The van der Waals surface area contributed by atoms with E-state index in [1.54, 1.807) is 0 Å². The summed E-state index contributed by atoms with van der Waals surface area (Å²) in [5.41, 5.74) is 1.63. The minimum absolute atomic E-state index is 0.439. The molecule has 1 aliphatic carbocycles. The molecule has 0 aliphatic heterocycles. The van der Waals surface area contributed by atoms with Gasteiger partial charge in [0.25, 0.3) is 0 Å². The van der Waals surface area contributed by atoms with E-state index in [4.69, 9.17) is 0 Å². The lowest BCUT2D eigenvalue weighted by molar-refractivity contribution is 0.248. The highest BCUT2D eigenvalue weighted by molar-refractivity contribution is 5.54. The van der Waals surface area contributed by atoms with Crippen molar-refractivity contribution in [1.29, 1.82) is 0 Å². The summed E-state index contributed by atoms with van der Waals surface area (Å²) in [6.45, 7) is 2.28. The van der Waals surface area contributed by atoms with Gasteiger partial charge in [-0.3, -0.25) is 0 Å². The van der Waals surface area contributed by atoms with Crippen molar-refractivity contribution in [3.8, 4) is 11.4 Å². The van der Waals surface area contributed by atoms with Crippen LogP contribution in [0.25, 0.3) is 11.4 Å². The van der Waals surface area contributed by atoms with Crippen LogP contribution in [-0.4, -0.2) is 9.97 Å². The Hall–Kier alpha value is -1.84. The van der Waals surface area contributed by atoms with E-state index in [1.165, 1.54) is 96.0 Å². The van der Waals surface area contributed by atoms with Crippen molar-refractivity contribution in [3.05, 3.63) is 47.8 Å². The van der Waals surface area contributed by atoms with Gasteiger partial charge in [-0.25, -0.2) is 18.7 Å². The standard InChI is InChI=1S/C28H40F2N2/c1-2-3-4-5-6-7-8-9-10-22-11-13-23(14-12-22)15-16-24-20-31-28(32-21-24)25-17-18-26(29)27(30)19-25/h17-23H,2-16H2,1H3/t22-,23-. The third kappa shape index (κ3) is 8.26. The van der Waals surface area contributed by atoms with Gasteiger partial charge in [0.05, 0.1) is 0 Å². The molecule has 0 saturated heterocycles. The van der Waals surface area contributed by atoms with Crippen molar-refractivity contribution in [1.82, 2.24) is 9.97 Å². The number of hydrogen-bond donors (Lipinski definition) is 0. The predicted octanol–water partition coefficient (Wildman–Crippen LogP) is 8.69. The molecule has 0 atom stereocenters.